The Morgan fingerprint density at radius 1 is 1.54 bits per heavy atom. The molecule has 5 heteroatoms. The van der Waals surface area contributed by atoms with Gasteiger partial charge >= 0.3 is 0 Å². The standard InChI is InChI=1S/C19H26FN3O/c1-3-5-14(2)22-19(24)16-6-4-9-23(12-16)13-17-10-15(11-21)7-8-18(17)20/h7-8,10,14,16H,3-6,9,12-13H2,1-2H3,(H,22,24)/t14-,16-/m1/s1. The van der Waals surface area contributed by atoms with Gasteiger partial charge in [-0.2, -0.15) is 5.26 Å². The summed E-state index contributed by atoms with van der Waals surface area (Å²) >= 11 is 0. The van der Waals surface area contributed by atoms with Crippen LogP contribution in [-0.4, -0.2) is 29.9 Å². The first-order chi connectivity index (χ1) is 11.5. The first-order valence-corrected chi connectivity index (χ1v) is 8.74. The monoisotopic (exact) mass is 331 g/mol. The fourth-order valence-corrected chi connectivity index (χ4v) is 3.29. The summed E-state index contributed by atoms with van der Waals surface area (Å²) < 4.78 is 14.0. The highest BCUT2D eigenvalue weighted by Gasteiger charge is 2.26. The molecule has 0 radical (unpaired) electrons. The number of nitrogens with zero attached hydrogens (tertiary/aromatic N) is 2. The predicted octanol–water partition coefficient (Wildman–Crippen LogP) is 3.21. The lowest BCUT2D eigenvalue weighted by Crippen LogP contribution is -2.45. The third-order valence-corrected chi connectivity index (χ3v) is 4.56. The normalized spacial score (nSPS) is 19.5. The van der Waals surface area contributed by atoms with Crippen molar-refractivity contribution < 1.29 is 9.18 Å². The van der Waals surface area contributed by atoms with E-state index in [1.54, 1.807) is 6.07 Å². The lowest BCUT2D eigenvalue weighted by Gasteiger charge is -2.32. The Morgan fingerprint density at radius 3 is 3.04 bits per heavy atom. The van der Waals surface area contributed by atoms with Gasteiger partial charge in [0, 0.05) is 24.7 Å². The summed E-state index contributed by atoms with van der Waals surface area (Å²) in [5.41, 5.74) is 0.987. The van der Waals surface area contributed by atoms with E-state index in [2.05, 4.69) is 17.1 Å². The molecule has 2 atom stereocenters. The molecular formula is C19H26FN3O. The molecule has 0 spiro atoms. The first-order valence-electron chi connectivity index (χ1n) is 8.74. The smallest absolute Gasteiger partial charge is 0.224 e. The highest BCUT2D eigenvalue weighted by molar-refractivity contribution is 5.79. The quantitative estimate of drug-likeness (QED) is 0.871. The number of carbonyl (C=O) groups excluding carboxylic acids is 1. The fraction of sp³-hybridized carbons (Fsp3) is 0.579. The van der Waals surface area contributed by atoms with Crippen LogP contribution in [0.1, 0.15) is 50.7 Å². The predicted molar refractivity (Wildman–Crippen MR) is 91.6 cm³/mol. The third kappa shape index (κ3) is 5.04. The molecule has 0 bridgehead atoms. The Balaban J connectivity index is 1.96. The zero-order chi connectivity index (χ0) is 17.5. The van der Waals surface area contributed by atoms with Gasteiger partial charge in [-0.25, -0.2) is 4.39 Å². The van der Waals surface area contributed by atoms with Gasteiger partial charge in [-0.15, -0.1) is 0 Å². The van der Waals surface area contributed by atoms with Crippen LogP contribution in [0.15, 0.2) is 18.2 Å². The highest BCUT2D eigenvalue weighted by atomic mass is 19.1. The summed E-state index contributed by atoms with van der Waals surface area (Å²) in [4.78, 5) is 14.5. The summed E-state index contributed by atoms with van der Waals surface area (Å²) in [6, 6.07) is 6.67. The van der Waals surface area contributed by atoms with Crippen molar-refractivity contribution in [3.63, 3.8) is 0 Å². The number of halogens is 1. The van der Waals surface area contributed by atoms with Crippen LogP contribution in [-0.2, 0) is 11.3 Å². The largest absolute Gasteiger partial charge is 0.353 e. The van der Waals surface area contributed by atoms with E-state index in [9.17, 15) is 9.18 Å². The van der Waals surface area contributed by atoms with Crippen molar-refractivity contribution in [2.75, 3.05) is 13.1 Å². The van der Waals surface area contributed by atoms with Gasteiger partial charge in [0.05, 0.1) is 17.6 Å². The molecular weight excluding hydrogens is 305 g/mol. The van der Waals surface area contributed by atoms with Crippen molar-refractivity contribution in [1.29, 1.82) is 5.26 Å². The van der Waals surface area contributed by atoms with Crippen molar-refractivity contribution in [3.05, 3.63) is 35.1 Å². The molecule has 1 heterocycles. The minimum absolute atomic E-state index is 0.0414. The molecule has 1 amide bonds. The van der Waals surface area contributed by atoms with Crippen LogP contribution in [0.2, 0.25) is 0 Å². The van der Waals surface area contributed by atoms with E-state index in [1.165, 1.54) is 12.1 Å². The SMILES string of the molecule is CCC[C@@H](C)NC(=O)[C@@H]1CCCN(Cc2cc(C#N)ccc2F)C1. The molecule has 0 aliphatic carbocycles. The van der Waals surface area contributed by atoms with E-state index in [0.717, 1.165) is 32.2 Å². The Hall–Kier alpha value is -1.93. The lowest BCUT2D eigenvalue weighted by atomic mass is 9.96. The second-order valence-electron chi connectivity index (χ2n) is 6.69. The summed E-state index contributed by atoms with van der Waals surface area (Å²) in [6.07, 6.45) is 3.84. The fourth-order valence-electron chi connectivity index (χ4n) is 3.29. The molecule has 130 valence electrons. The molecule has 4 nitrogen and oxygen atoms in total. The number of likely N-dealkylation sites (tertiary alicyclic amines) is 1. The molecule has 0 saturated carbocycles. The molecule has 1 aliphatic heterocycles. The van der Waals surface area contributed by atoms with E-state index in [0.29, 0.717) is 24.2 Å². The van der Waals surface area contributed by atoms with Gasteiger partial charge in [-0.1, -0.05) is 13.3 Å². The number of rotatable bonds is 6. The second kappa shape index (κ2) is 8.79. The maximum absolute atomic E-state index is 14.0. The number of hydrogen-bond acceptors (Lipinski definition) is 3. The highest BCUT2D eigenvalue weighted by Crippen LogP contribution is 2.21. The van der Waals surface area contributed by atoms with Crippen LogP contribution >= 0.6 is 0 Å². The molecule has 0 unspecified atom stereocenters. The van der Waals surface area contributed by atoms with Crippen LogP contribution in [0.3, 0.4) is 0 Å². The third-order valence-electron chi connectivity index (χ3n) is 4.56. The van der Waals surface area contributed by atoms with Crippen LogP contribution < -0.4 is 5.32 Å². The maximum Gasteiger partial charge on any atom is 0.224 e. The molecule has 24 heavy (non-hydrogen) atoms. The Bertz CT molecular complexity index is 611. The van der Waals surface area contributed by atoms with E-state index < -0.39 is 0 Å². The van der Waals surface area contributed by atoms with E-state index >= 15 is 0 Å². The number of nitriles is 1. The van der Waals surface area contributed by atoms with Crippen molar-refractivity contribution in [3.8, 4) is 6.07 Å². The number of nitrogens with one attached hydrogen (secondary N) is 1. The zero-order valence-electron chi connectivity index (χ0n) is 14.5. The van der Waals surface area contributed by atoms with Crippen molar-refractivity contribution in [1.82, 2.24) is 10.2 Å². The molecule has 1 saturated heterocycles. The van der Waals surface area contributed by atoms with Gasteiger partial charge in [0.15, 0.2) is 0 Å². The summed E-state index contributed by atoms with van der Waals surface area (Å²) in [5, 5.41) is 12.0. The van der Waals surface area contributed by atoms with Gasteiger partial charge in [-0.3, -0.25) is 9.69 Å². The molecule has 2 rings (SSSR count). The minimum atomic E-state index is -0.294. The van der Waals surface area contributed by atoms with Crippen LogP contribution in [0, 0.1) is 23.1 Å². The second-order valence-corrected chi connectivity index (χ2v) is 6.69. The number of amides is 1. The van der Waals surface area contributed by atoms with Gasteiger partial charge in [-0.05, 0) is 50.9 Å². The Morgan fingerprint density at radius 2 is 2.33 bits per heavy atom. The summed E-state index contributed by atoms with van der Waals surface area (Å²) in [5.74, 6) is -0.232. The van der Waals surface area contributed by atoms with Crippen molar-refractivity contribution in [2.45, 2.75) is 52.1 Å². The average Bonchev–Trinajstić information content (AvgIpc) is 2.57. The average molecular weight is 331 g/mol. The van der Waals surface area contributed by atoms with Gasteiger partial charge < -0.3 is 5.32 Å². The minimum Gasteiger partial charge on any atom is -0.353 e. The van der Waals surface area contributed by atoms with Gasteiger partial charge in [0.25, 0.3) is 0 Å². The number of piperidine rings is 1. The molecule has 1 fully saturated rings. The lowest BCUT2D eigenvalue weighted by molar-refractivity contribution is -0.127. The summed E-state index contributed by atoms with van der Waals surface area (Å²) in [7, 11) is 0. The number of hydrogen-bond donors (Lipinski definition) is 1. The van der Waals surface area contributed by atoms with Crippen LogP contribution in [0.4, 0.5) is 4.39 Å². The Labute approximate surface area is 143 Å². The molecule has 0 aromatic heterocycles. The molecule has 1 N–H and O–H groups in total. The zero-order valence-corrected chi connectivity index (χ0v) is 14.5. The van der Waals surface area contributed by atoms with Crippen LogP contribution in [0.5, 0.6) is 0 Å². The van der Waals surface area contributed by atoms with Crippen molar-refractivity contribution >= 4 is 5.91 Å². The van der Waals surface area contributed by atoms with Crippen molar-refractivity contribution in [2.24, 2.45) is 5.92 Å². The van der Waals surface area contributed by atoms with Gasteiger partial charge in [0.2, 0.25) is 5.91 Å². The number of carbonyl (C=O) groups is 1. The molecule has 1 aliphatic rings. The molecule has 1 aromatic carbocycles. The molecule has 1 aromatic rings. The Kier molecular flexibility index (Phi) is 6.74. The first kappa shape index (κ1) is 18.4. The number of benzene rings is 1. The van der Waals surface area contributed by atoms with E-state index in [-0.39, 0.29) is 23.7 Å². The maximum atomic E-state index is 14.0. The van der Waals surface area contributed by atoms with E-state index in [1.807, 2.05) is 13.0 Å². The topological polar surface area (TPSA) is 56.1 Å². The van der Waals surface area contributed by atoms with E-state index in [4.69, 9.17) is 5.26 Å². The van der Waals surface area contributed by atoms with Crippen LogP contribution in [0.25, 0.3) is 0 Å². The van der Waals surface area contributed by atoms with Gasteiger partial charge in [0.1, 0.15) is 5.82 Å². The summed E-state index contributed by atoms with van der Waals surface area (Å²) in [6.45, 7) is 6.07.